The highest BCUT2D eigenvalue weighted by Crippen LogP contribution is 2.13. The van der Waals surface area contributed by atoms with Gasteiger partial charge in [0.05, 0.1) is 25.2 Å². The second-order valence-corrected chi connectivity index (χ2v) is 4.03. The van der Waals surface area contributed by atoms with E-state index in [4.69, 9.17) is 10.1 Å². The molecule has 0 saturated carbocycles. The Morgan fingerprint density at radius 2 is 2.06 bits per heavy atom. The topological polar surface area (TPSA) is 73.6 Å². The van der Waals surface area contributed by atoms with E-state index in [9.17, 15) is 9.90 Å². The maximum atomic E-state index is 12.1. The predicted octanol–water partition coefficient (Wildman–Crippen LogP) is 0.272. The molecule has 2 atom stereocenters. The molecule has 0 spiro atoms. The van der Waals surface area contributed by atoms with Crippen LogP contribution in [0.5, 0.6) is 0 Å². The van der Waals surface area contributed by atoms with E-state index in [0.29, 0.717) is 32.7 Å². The monoisotopic (exact) mass is 228 g/mol. The van der Waals surface area contributed by atoms with Crippen LogP contribution in [-0.2, 0) is 9.53 Å². The average Bonchev–Trinajstić information content (AvgIpc) is 2.30. The van der Waals surface area contributed by atoms with Crippen molar-refractivity contribution in [1.29, 1.82) is 5.41 Å². The van der Waals surface area contributed by atoms with Crippen molar-refractivity contribution in [2.45, 2.75) is 26.4 Å². The summed E-state index contributed by atoms with van der Waals surface area (Å²) in [4.78, 5) is 13.8. The highest BCUT2D eigenvalue weighted by molar-refractivity contribution is 6.04. The van der Waals surface area contributed by atoms with E-state index in [-0.39, 0.29) is 11.6 Å². The molecule has 2 unspecified atom stereocenters. The van der Waals surface area contributed by atoms with Crippen molar-refractivity contribution in [3.05, 3.63) is 0 Å². The molecule has 1 aliphatic rings. The number of amides is 1. The van der Waals surface area contributed by atoms with Gasteiger partial charge in [-0.05, 0) is 13.3 Å². The highest BCUT2D eigenvalue weighted by atomic mass is 16.5. The standard InChI is InChI=1S/C11H20N2O3/c1-3-9(10(12)8(2)14)11(15)13-4-6-16-7-5-13/h8-9,12,14H,3-7H2,1-2H3. The molecule has 0 radical (unpaired) electrons. The third-order valence-electron chi connectivity index (χ3n) is 2.85. The zero-order valence-electron chi connectivity index (χ0n) is 9.90. The Kier molecular flexibility index (Phi) is 4.89. The summed E-state index contributed by atoms with van der Waals surface area (Å²) >= 11 is 0. The number of hydrogen-bond acceptors (Lipinski definition) is 4. The number of carbonyl (C=O) groups excluding carboxylic acids is 1. The number of rotatable bonds is 4. The minimum Gasteiger partial charge on any atom is -0.387 e. The van der Waals surface area contributed by atoms with E-state index in [1.54, 1.807) is 4.90 Å². The molecule has 1 amide bonds. The lowest BCUT2D eigenvalue weighted by molar-refractivity contribution is -0.137. The Morgan fingerprint density at radius 1 is 1.50 bits per heavy atom. The van der Waals surface area contributed by atoms with Gasteiger partial charge in [-0.1, -0.05) is 6.92 Å². The molecule has 0 aromatic carbocycles. The number of aliphatic hydroxyl groups is 1. The molecule has 1 fully saturated rings. The predicted molar refractivity (Wildman–Crippen MR) is 60.6 cm³/mol. The van der Waals surface area contributed by atoms with E-state index in [2.05, 4.69) is 0 Å². The van der Waals surface area contributed by atoms with Crippen molar-refractivity contribution >= 4 is 11.6 Å². The maximum absolute atomic E-state index is 12.1. The third kappa shape index (κ3) is 3.02. The van der Waals surface area contributed by atoms with Crippen LogP contribution in [0.25, 0.3) is 0 Å². The summed E-state index contributed by atoms with van der Waals surface area (Å²) in [5.74, 6) is -0.546. The number of carbonyl (C=O) groups is 1. The molecule has 5 nitrogen and oxygen atoms in total. The minimum absolute atomic E-state index is 0.0586. The summed E-state index contributed by atoms with van der Waals surface area (Å²) in [6.45, 7) is 5.68. The van der Waals surface area contributed by atoms with Gasteiger partial charge in [-0.3, -0.25) is 4.79 Å². The molecule has 1 heterocycles. The normalized spacial score (nSPS) is 20.3. The Hall–Kier alpha value is -0.940. The van der Waals surface area contributed by atoms with Crippen LogP contribution in [0.4, 0.5) is 0 Å². The SMILES string of the molecule is CCC(C(=N)C(C)O)C(=O)N1CCOCC1. The first-order valence-corrected chi connectivity index (χ1v) is 5.70. The quantitative estimate of drug-likeness (QED) is 0.678. The van der Waals surface area contributed by atoms with Crippen molar-refractivity contribution in [2.75, 3.05) is 26.3 Å². The average molecular weight is 228 g/mol. The minimum atomic E-state index is -0.852. The number of nitrogens with zero attached hydrogens (tertiary/aromatic N) is 1. The summed E-state index contributed by atoms with van der Waals surface area (Å²) in [6, 6.07) is 0. The van der Waals surface area contributed by atoms with E-state index in [1.165, 1.54) is 6.92 Å². The molecule has 1 aliphatic heterocycles. The molecule has 16 heavy (non-hydrogen) atoms. The Bertz CT molecular complexity index is 260. The van der Waals surface area contributed by atoms with Crippen LogP contribution in [0, 0.1) is 11.3 Å². The van der Waals surface area contributed by atoms with E-state index >= 15 is 0 Å². The van der Waals surface area contributed by atoms with E-state index in [0.717, 1.165) is 0 Å². The fraction of sp³-hybridized carbons (Fsp3) is 0.818. The van der Waals surface area contributed by atoms with Gasteiger partial charge in [0, 0.05) is 18.8 Å². The van der Waals surface area contributed by atoms with Crippen molar-refractivity contribution in [1.82, 2.24) is 4.90 Å². The number of aliphatic hydroxyl groups excluding tert-OH is 1. The number of nitrogens with one attached hydrogen (secondary N) is 1. The highest BCUT2D eigenvalue weighted by Gasteiger charge is 2.29. The second-order valence-electron chi connectivity index (χ2n) is 4.03. The number of hydrogen-bond donors (Lipinski definition) is 2. The van der Waals surface area contributed by atoms with Crippen molar-refractivity contribution < 1.29 is 14.6 Å². The van der Waals surface area contributed by atoms with Crippen LogP contribution in [0.1, 0.15) is 20.3 Å². The van der Waals surface area contributed by atoms with Crippen LogP contribution in [0.2, 0.25) is 0 Å². The molecular formula is C11H20N2O3. The molecule has 0 bridgehead atoms. The van der Waals surface area contributed by atoms with Crippen LogP contribution in [0.15, 0.2) is 0 Å². The van der Waals surface area contributed by atoms with Gasteiger partial charge in [-0.15, -0.1) is 0 Å². The molecular weight excluding hydrogens is 208 g/mol. The molecule has 1 rings (SSSR count). The largest absolute Gasteiger partial charge is 0.387 e. The van der Waals surface area contributed by atoms with Crippen LogP contribution in [0.3, 0.4) is 0 Å². The zero-order chi connectivity index (χ0) is 12.1. The van der Waals surface area contributed by atoms with Crippen LogP contribution in [-0.4, -0.2) is 54.0 Å². The summed E-state index contributed by atoms with van der Waals surface area (Å²) in [7, 11) is 0. The van der Waals surface area contributed by atoms with Gasteiger partial charge in [0.25, 0.3) is 0 Å². The first-order chi connectivity index (χ1) is 7.57. The Morgan fingerprint density at radius 3 is 2.50 bits per heavy atom. The molecule has 0 aromatic rings. The Labute approximate surface area is 95.9 Å². The molecule has 0 aromatic heterocycles. The van der Waals surface area contributed by atoms with Crippen LogP contribution >= 0.6 is 0 Å². The number of ether oxygens (including phenoxy) is 1. The second kappa shape index (κ2) is 5.96. The summed E-state index contributed by atoms with van der Waals surface area (Å²) in [5.41, 5.74) is 0.110. The van der Waals surface area contributed by atoms with Gasteiger partial charge in [0.1, 0.15) is 0 Å². The maximum Gasteiger partial charge on any atom is 0.231 e. The molecule has 2 N–H and O–H groups in total. The lowest BCUT2D eigenvalue weighted by Gasteiger charge is -2.30. The van der Waals surface area contributed by atoms with E-state index < -0.39 is 12.0 Å². The summed E-state index contributed by atoms with van der Waals surface area (Å²) < 4.78 is 5.17. The van der Waals surface area contributed by atoms with Gasteiger partial charge in [-0.2, -0.15) is 0 Å². The van der Waals surface area contributed by atoms with Gasteiger partial charge >= 0.3 is 0 Å². The Balaban J connectivity index is 2.64. The van der Waals surface area contributed by atoms with Gasteiger partial charge < -0.3 is 20.2 Å². The molecule has 0 aliphatic carbocycles. The molecule has 1 saturated heterocycles. The fourth-order valence-corrected chi connectivity index (χ4v) is 1.82. The van der Waals surface area contributed by atoms with E-state index in [1.807, 2.05) is 6.92 Å². The molecule has 92 valence electrons. The van der Waals surface area contributed by atoms with Crippen molar-refractivity contribution in [3.8, 4) is 0 Å². The zero-order valence-corrected chi connectivity index (χ0v) is 9.90. The van der Waals surface area contributed by atoms with Crippen molar-refractivity contribution in [3.63, 3.8) is 0 Å². The van der Waals surface area contributed by atoms with Crippen LogP contribution < -0.4 is 0 Å². The van der Waals surface area contributed by atoms with Gasteiger partial charge in [0.2, 0.25) is 5.91 Å². The smallest absolute Gasteiger partial charge is 0.231 e. The lowest BCUT2D eigenvalue weighted by Crippen LogP contribution is -2.46. The fourth-order valence-electron chi connectivity index (χ4n) is 1.82. The number of morpholine rings is 1. The third-order valence-corrected chi connectivity index (χ3v) is 2.85. The van der Waals surface area contributed by atoms with Gasteiger partial charge in [-0.25, -0.2) is 0 Å². The first-order valence-electron chi connectivity index (χ1n) is 5.70. The van der Waals surface area contributed by atoms with Gasteiger partial charge in [0.15, 0.2) is 0 Å². The van der Waals surface area contributed by atoms with Crippen molar-refractivity contribution in [2.24, 2.45) is 5.92 Å². The summed E-state index contributed by atoms with van der Waals surface area (Å²) in [6.07, 6.45) is -0.296. The first kappa shape index (κ1) is 13.1. The molecule has 5 heteroatoms. The lowest BCUT2D eigenvalue weighted by atomic mass is 9.95. The summed E-state index contributed by atoms with van der Waals surface area (Å²) in [5, 5.41) is 17.1.